The van der Waals surface area contributed by atoms with Crippen molar-refractivity contribution in [1.29, 1.82) is 0 Å². The third-order valence-electron chi connectivity index (χ3n) is 8.02. The third-order valence-corrected chi connectivity index (χ3v) is 9.81. The van der Waals surface area contributed by atoms with Crippen LogP contribution in [0, 0.1) is 26.6 Å². The molecule has 3 aromatic rings. The number of sulfonamides is 1. The summed E-state index contributed by atoms with van der Waals surface area (Å²) in [5, 5.41) is 3.10. The molecule has 0 bridgehead atoms. The highest BCUT2D eigenvalue weighted by atomic mass is 32.2. The predicted octanol–water partition coefficient (Wildman–Crippen LogP) is 5.81. The number of hydrogen-bond donors (Lipinski definition) is 1. The van der Waals surface area contributed by atoms with E-state index in [1.807, 2.05) is 33.8 Å². The lowest BCUT2D eigenvalue weighted by atomic mass is 10.1. The molecule has 9 heteroatoms. The third kappa shape index (κ3) is 7.37. The number of carbonyl (C=O) groups is 2. The van der Waals surface area contributed by atoms with E-state index in [0.29, 0.717) is 17.7 Å². The normalized spacial score (nSPS) is 14.4. The van der Waals surface area contributed by atoms with Gasteiger partial charge in [0.05, 0.1) is 10.6 Å². The second-order valence-electron chi connectivity index (χ2n) is 11.2. The largest absolute Gasteiger partial charge is 0.352 e. The Morgan fingerprint density at radius 3 is 2.17 bits per heavy atom. The van der Waals surface area contributed by atoms with E-state index in [9.17, 15) is 22.4 Å². The van der Waals surface area contributed by atoms with Gasteiger partial charge in [0.15, 0.2) is 0 Å². The average Bonchev–Trinajstić information content (AvgIpc) is 3.47. The van der Waals surface area contributed by atoms with Gasteiger partial charge in [0.25, 0.3) is 10.0 Å². The van der Waals surface area contributed by atoms with Crippen LogP contribution in [0.15, 0.2) is 71.6 Å². The highest BCUT2D eigenvalue weighted by molar-refractivity contribution is 7.92. The number of benzene rings is 3. The molecule has 0 aromatic heterocycles. The molecule has 1 unspecified atom stereocenters. The van der Waals surface area contributed by atoms with Gasteiger partial charge in [-0.2, -0.15) is 0 Å². The van der Waals surface area contributed by atoms with Crippen LogP contribution in [0.1, 0.15) is 61.3 Å². The lowest BCUT2D eigenvalue weighted by molar-refractivity contribution is -0.140. The molecule has 1 atom stereocenters. The minimum Gasteiger partial charge on any atom is -0.352 e. The molecular weight excluding hydrogens is 553 g/mol. The molecule has 0 aliphatic heterocycles. The van der Waals surface area contributed by atoms with Crippen molar-refractivity contribution in [3.8, 4) is 0 Å². The Morgan fingerprint density at radius 2 is 1.57 bits per heavy atom. The van der Waals surface area contributed by atoms with Gasteiger partial charge in [0, 0.05) is 12.6 Å². The van der Waals surface area contributed by atoms with Crippen LogP contribution < -0.4 is 9.62 Å². The van der Waals surface area contributed by atoms with E-state index in [1.165, 1.54) is 29.2 Å². The molecule has 0 saturated heterocycles. The van der Waals surface area contributed by atoms with Crippen LogP contribution >= 0.6 is 0 Å². The SMILES string of the molecule is CCC(C(=O)NC1CCCC1)N(Cc1ccc(F)cc1)C(=O)CN(c1ccc(C)c(C)c1)S(=O)(=O)c1ccc(C)cc1. The van der Waals surface area contributed by atoms with Gasteiger partial charge >= 0.3 is 0 Å². The Balaban J connectivity index is 1.73. The van der Waals surface area contributed by atoms with E-state index in [1.54, 1.807) is 36.4 Å². The van der Waals surface area contributed by atoms with Gasteiger partial charge in [-0.05, 0) is 93.1 Å². The van der Waals surface area contributed by atoms with Crippen LogP contribution in [0.25, 0.3) is 0 Å². The standard InChI is InChI=1S/C33H40FN3O4S/c1-5-31(33(39)35-28-8-6-7-9-28)36(21-26-13-15-27(34)16-14-26)32(38)22-37(29-17-12-24(3)25(4)20-29)42(40,41)30-18-10-23(2)11-19-30/h10-20,28,31H,5-9,21-22H2,1-4H3,(H,35,39). The van der Waals surface area contributed by atoms with E-state index in [-0.39, 0.29) is 23.4 Å². The molecule has 3 aromatic carbocycles. The average molecular weight is 594 g/mol. The van der Waals surface area contributed by atoms with Crippen molar-refractivity contribution < 1.29 is 22.4 Å². The number of nitrogens with zero attached hydrogens (tertiary/aromatic N) is 2. The molecule has 1 saturated carbocycles. The first-order valence-electron chi connectivity index (χ1n) is 14.5. The minimum atomic E-state index is -4.14. The summed E-state index contributed by atoms with van der Waals surface area (Å²) < 4.78 is 42.9. The van der Waals surface area contributed by atoms with Crippen LogP contribution in [0.4, 0.5) is 10.1 Å². The van der Waals surface area contributed by atoms with Gasteiger partial charge < -0.3 is 10.2 Å². The maximum absolute atomic E-state index is 14.2. The lowest BCUT2D eigenvalue weighted by Crippen LogP contribution is -2.53. The molecule has 0 spiro atoms. The van der Waals surface area contributed by atoms with Gasteiger partial charge in [0.2, 0.25) is 11.8 Å². The smallest absolute Gasteiger partial charge is 0.264 e. The number of aryl methyl sites for hydroxylation is 3. The number of carbonyl (C=O) groups excluding carboxylic acids is 2. The topological polar surface area (TPSA) is 86.8 Å². The fraction of sp³-hybridized carbons (Fsp3) is 0.394. The van der Waals surface area contributed by atoms with E-state index in [2.05, 4.69) is 5.32 Å². The second kappa shape index (κ2) is 13.5. The van der Waals surface area contributed by atoms with Gasteiger partial charge in [-0.1, -0.05) is 55.7 Å². The van der Waals surface area contributed by atoms with E-state index in [4.69, 9.17) is 0 Å². The first kappa shape index (κ1) is 31.2. The Kier molecular flexibility index (Phi) is 10.0. The molecule has 1 aliphatic rings. The van der Waals surface area contributed by atoms with Crippen LogP contribution in [0.2, 0.25) is 0 Å². The van der Waals surface area contributed by atoms with Crippen molar-refractivity contribution in [2.75, 3.05) is 10.8 Å². The molecule has 7 nitrogen and oxygen atoms in total. The van der Waals surface area contributed by atoms with E-state index in [0.717, 1.165) is 46.7 Å². The zero-order chi connectivity index (χ0) is 30.4. The van der Waals surface area contributed by atoms with Crippen molar-refractivity contribution in [3.05, 3.63) is 94.8 Å². The monoisotopic (exact) mass is 593 g/mol. The summed E-state index contributed by atoms with van der Waals surface area (Å²) in [6, 6.07) is 16.8. The zero-order valence-electron chi connectivity index (χ0n) is 24.8. The van der Waals surface area contributed by atoms with Gasteiger partial charge in [-0.25, -0.2) is 12.8 Å². The van der Waals surface area contributed by atoms with Crippen LogP contribution in [-0.2, 0) is 26.2 Å². The number of hydrogen-bond acceptors (Lipinski definition) is 4. The highest BCUT2D eigenvalue weighted by Crippen LogP contribution is 2.27. The van der Waals surface area contributed by atoms with Gasteiger partial charge in [-0.3, -0.25) is 13.9 Å². The Labute approximate surface area is 248 Å². The number of rotatable bonds is 11. The van der Waals surface area contributed by atoms with Gasteiger partial charge in [0.1, 0.15) is 18.4 Å². The predicted molar refractivity (Wildman–Crippen MR) is 163 cm³/mol. The molecule has 0 radical (unpaired) electrons. The summed E-state index contributed by atoms with van der Waals surface area (Å²) in [6.45, 7) is 7.04. The summed E-state index contributed by atoms with van der Waals surface area (Å²) in [7, 11) is -4.14. The Bertz CT molecular complexity index is 1500. The molecule has 1 N–H and O–H groups in total. The highest BCUT2D eigenvalue weighted by Gasteiger charge is 2.34. The quantitative estimate of drug-likeness (QED) is 0.304. The van der Waals surface area contributed by atoms with Crippen LogP contribution in [-0.4, -0.2) is 43.8 Å². The van der Waals surface area contributed by atoms with Crippen molar-refractivity contribution in [2.45, 2.75) is 83.3 Å². The second-order valence-corrected chi connectivity index (χ2v) is 13.0. The maximum Gasteiger partial charge on any atom is 0.264 e. The first-order valence-corrected chi connectivity index (χ1v) is 15.9. The number of halogens is 1. The van der Waals surface area contributed by atoms with Gasteiger partial charge in [-0.15, -0.1) is 0 Å². The lowest BCUT2D eigenvalue weighted by Gasteiger charge is -2.34. The molecule has 1 fully saturated rings. The summed E-state index contributed by atoms with van der Waals surface area (Å²) in [4.78, 5) is 29.2. The molecule has 224 valence electrons. The fourth-order valence-electron chi connectivity index (χ4n) is 5.32. The Hall–Kier alpha value is -3.72. The molecule has 2 amide bonds. The first-order chi connectivity index (χ1) is 20.0. The number of anilines is 1. The van der Waals surface area contributed by atoms with Crippen molar-refractivity contribution in [1.82, 2.24) is 10.2 Å². The van der Waals surface area contributed by atoms with E-state index < -0.39 is 34.3 Å². The summed E-state index contributed by atoms with van der Waals surface area (Å²) in [5.74, 6) is -1.20. The van der Waals surface area contributed by atoms with Crippen molar-refractivity contribution in [2.24, 2.45) is 0 Å². The maximum atomic E-state index is 14.2. The Morgan fingerprint density at radius 1 is 0.929 bits per heavy atom. The molecule has 4 rings (SSSR count). The summed E-state index contributed by atoms with van der Waals surface area (Å²) >= 11 is 0. The summed E-state index contributed by atoms with van der Waals surface area (Å²) in [6.07, 6.45) is 4.20. The van der Waals surface area contributed by atoms with Crippen molar-refractivity contribution in [3.63, 3.8) is 0 Å². The van der Waals surface area contributed by atoms with E-state index >= 15 is 0 Å². The number of amides is 2. The van der Waals surface area contributed by atoms with Crippen LogP contribution in [0.3, 0.4) is 0 Å². The molecular formula is C33H40FN3O4S. The fourth-order valence-corrected chi connectivity index (χ4v) is 6.73. The van der Waals surface area contributed by atoms with Crippen molar-refractivity contribution >= 4 is 27.5 Å². The van der Waals surface area contributed by atoms with Crippen LogP contribution in [0.5, 0.6) is 0 Å². The molecule has 1 aliphatic carbocycles. The molecule has 0 heterocycles. The minimum absolute atomic E-state index is 0.0288. The number of nitrogens with one attached hydrogen (secondary N) is 1. The summed E-state index contributed by atoms with van der Waals surface area (Å²) in [5.41, 5.74) is 3.78. The molecule has 42 heavy (non-hydrogen) atoms. The zero-order valence-corrected chi connectivity index (χ0v) is 25.6.